The molecule has 0 nitrogen and oxygen atoms in total. The molecule has 0 atom stereocenters. The van der Waals surface area contributed by atoms with Crippen molar-refractivity contribution in [3.8, 4) is 0 Å². The molecule has 2 aromatic carbocycles. The molecule has 14 heavy (non-hydrogen) atoms. The van der Waals surface area contributed by atoms with E-state index in [1.165, 1.54) is 11.4 Å². The second-order valence-corrected chi connectivity index (χ2v) is 9.54. The summed E-state index contributed by atoms with van der Waals surface area (Å²) < 4.78 is 0. The summed E-state index contributed by atoms with van der Waals surface area (Å²) in [6, 6.07) is 14.8. The lowest BCUT2D eigenvalue weighted by atomic mass is 10.1. The van der Waals surface area contributed by atoms with Crippen LogP contribution in [0, 0.1) is 0 Å². The van der Waals surface area contributed by atoms with E-state index in [1.807, 2.05) is 0 Å². The van der Waals surface area contributed by atoms with Crippen LogP contribution in [-0.4, -0.2) is 8.07 Å². The van der Waals surface area contributed by atoms with Crippen LogP contribution in [0.4, 0.5) is 0 Å². The third-order valence-electron chi connectivity index (χ3n) is 3.35. The zero-order valence-electron chi connectivity index (χ0n) is 8.67. The Labute approximate surface area is 85.6 Å². The second kappa shape index (κ2) is 2.48. The molecule has 3 rings (SSSR count). The van der Waals surface area contributed by atoms with Gasteiger partial charge in [-0.2, -0.15) is 0 Å². The molecule has 70 valence electrons. The van der Waals surface area contributed by atoms with Crippen molar-refractivity contribution in [2.45, 2.75) is 19.1 Å². The Hall–Kier alpha value is -1.08. The van der Waals surface area contributed by atoms with Crippen molar-refractivity contribution in [2.75, 3.05) is 0 Å². The molecule has 0 fully saturated rings. The normalized spacial score (nSPS) is 17.6. The lowest BCUT2D eigenvalue weighted by Crippen LogP contribution is -2.39. The number of benzene rings is 2. The van der Waals surface area contributed by atoms with Crippen molar-refractivity contribution in [3.05, 3.63) is 42.0 Å². The average Bonchev–Trinajstić information content (AvgIpc) is 2.41. The van der Waals surface area contributed by atoms with Gasteiger partial charge in [0.05, 0.1) is 8.07 Å². The lowest BCUT2D eigenvalue weighted by Gasteiger charge is -2.15. The molecule has 0 radical (unpaired) electrons. The zero-order valence-corrected chi connectivity index (χ0v) is 9.67. The Morgan fingerprint density at radius 1 is 1.00 bits per heavy atom. The summed E-state index contributed by atoms with van der Waals surface area (Å²) in [5, 5.41) is 4.65. The van der Waals surface area contributed by atoms with Crippen LogP contribution in [0.3, 0.4) is 0 Å². The molecule has 0 saturated heterocycles. The van der Waals surface area contributed by atoms with Gasteiger partial charge in [0.15, 0.2) is 0 Å². The van der Waals surface area contributed by atoms with Crippen LogP contribution in [0.15, 0.2) is 36.4 Å². The molecular formula is C13H14Si. The predicted octanol–water partition coefficient (Wildman–Crippen LogP) is 2.85. The van der Waals surface area contributed by atoms with E-state index >= 15 is 0 Å². The SMILES string of the molecule is C[Si]1(C)Cc2cccc3cccc1c23. The molecule has 0 amide bonds. The van der Waals surface area contributed by atoms with Gasteiger partial charge in [-0.05, 0) is 22.4 Å². The quantitative estimate of drug-likeness (QED) is 0.571. The molecular weight excluding hydrogens is 184 g/mol. The zero-order chi connectivity index (χ0) is 9.76. The van der Waals surface area contributed by atoms with Gasteiger partial charge in [0, 0.05) is 0 Å². The van der Waals surface area contributed by atoms with Gasteiger partial charge in [0.25, 0.3) is 0 Å². The van der Waals surface area contributed by atoms with E-state index in [2.05, 4.69) is 49.5 Å². The molecule has 0 spiro atoms. The van der Waals surface area contributed by atoms with Crippen molar-refractivity contribution in [3.63, 3.8) is 0 Å². The first-order valence-electron chi connectivity index (χ1n) is 5.20. The Kier molecular flexibility index (Phi) is 1.46. The minimum atomic E-state index is -1.14. The Balaban J connectivity index is 2.50. The summed E-state index contributed by atoms with van der Waals surface area (Å²) in [5.41, 5.74) is 1.58. The third-order valence-corrected chi connectivity index (χ3v) is 6.49. The topological polar surface area (TPSA) is 0 Å². The number of rotatable bonds is 0. The van der Waals surface area contributed by atoms with Crippen LogP contribution in [0.5, 0.6) is 0 Å². The monoisotopic (exact) mass is 198 g/mol. The maximum Gasteiger partial charge on any atom is 0.0857 e. The highest BCUT2D eigenvalue weighted by molar-refractivity contribution is 6.92. The molecule has 0 N–H and O–H groups in total. The molecule has 2 aromatic rings. The summed E-state index contributed by atoms with van der Waals surface area (Å²) in [4.78, 5) is 0. The maximum atomic E-state index is 2.47. The van der Waals surface area contributed by atoms with Crippen molar-refractivity contribution in [1.82, 2.24) is 0 Å². The Morgan fingerprint density at radius 3 is 2.50 bits per heavy atom. The van der Waals surface area contributed by atoms with Gasteiger partial charge in [-0.3, -0.25) is 0 Å². The molecule has 0 aliphatic carbocycles. The van der Waals surface area contributed by atoms with Gasteiger partial charge in [0.2, 0.25) is 0 Å². The van der Waals surface area contributed by atoms with Crippen molar-refractivity contribution in [2.24, 2.45) is 0 Å². The Bertz CT molecular complexity index is 506. The first-order chi connectivity index (χ1) is 6.68. The minimum absolute atomic E-state index is 1.14. The standard InChI is InChI=1S/C13H14Si/c1-14(2)9-11-7-3-5-10-6-4-8-12(14)13(10)11/h3-8H,9H2,1-2H3. The fourth-order valence-corrected chi connectivity index (χ4v) is 5.67. The average molecular weight is 198 g/mol. The van der Waals surface area contributed by atoms with Crippen LogP contribution in [0.1, 0.15) is 5.56 Å². The third kappa shape index (κ3) is 0.933. The highest BCUT2D eigenvalue weighted by Gasteiger charge is 2.32. The predicted molar refractivity (Wildman–Crippen MR) is 64.8 cm³/mol. The fraction of sp³-hybridized carbons (Fsp3) is 0.231. The molecule has 0 aromatic heterocycles. The fourth-order valence-electron chi connectivity index (χ4n) is 2.70. The summed E-state index contributed by atoms with van der Waals surface area (Å²) in [6.07, 6.45) is 0. The van der Waals surface area contributed by atoms with Gasteiger partial charge in [-0.25, -0.2) is 0 Å². The summed E-state index contributed by atoms with van der Waals surface area (Å²) in [6.45, 7) is 4.95. The summed E-state index contributed by atoms with van der Waals surface area (Å²) in [7, 11) is -1.14. The highest BCUT2D eigenvalue weighted by Crippen LogP contribution is 2.29. The van der Waals surface area contributed by atoms with E-state index in [9.17, 15) is 0 Å². The summed E-state index contributed by atoms with van der Waals surface area (Å²) in [5.74, 6) is 0. The molecule has 1 heteroatoms. The van der Waals surface area contributed by atoms with Crippen LogP contribution >= 0.6 is 0 Å². The van der Waals surface area contributed by atoms with Gasteiger partial charge >= 0.3 is 0 Å². The van der Waals surface area contributed by atoms with E-state index in [4.69, 9.17) is 0 Å². The number of hydrogen-bond donors (Lipinski definition) is 0. The Morgan fingerprint density at radius 2 is 1.71 bits per heavy atom. The van der Waals surface area contributed by atoms with Gasteiger partial charge < -0.3 is 0 Å². The molecule has 1 aliphatic heterocycles. The largest absolute Gasteiger partial charge is 0.0857 e. The van der Waals surface area contributed by atoms with Crippen molar-refractivity contribution in [1.29, 1.82) is 0 Å². The summed E-state index contributed by atoms with van der Waals surface area (Å²) >= 11 is 0. The van der Waals surface area contributed by atoms with Crippen LogP contribution < -0.4 is 5.19 Å². The minimum Gasteiger partial charge on any atom is -0.0652 e. The van der Waals surface area contributed by atoms with E-state index < -0.39 is 8.07 Å². The van der Waals surface area contributed by atoms with Crippen LogP contribution in [-0.2, 0) is 6.04 Å². The van der Waals surface area contributed by atoms with Crippen molar-refractivity contribution < 1.29 is 0 Å². The highest BCUT2D eigenvalue weighted by atomic mass is 28.3. The van der Waals surface area contributed by atoms with E-state index in [1.54, 1.807) is 16.1 Å². The van der Waals surface area contributed by atoms with Gasteiger partial charge in [-0.15, -0.1) is 0 Å². The van der Waals surface area contributed by atoms with Crippen LogP contribution in [0.25, 0.3) is 10.8 Å². The molecule has 0 saturated carbocycles. The van der Waals surface area contributed by atoms with E-state index in [0.29, 0.717) is 0 Å². The first-order valence-corrected chi connectivity index (χ1v) is 8.40. The molecule has 0 bridgehead atoms. The second-order valence-electron chi connectivity index (χ2n) is 4.88. The maximum absolute atomic E-state index is 2.47. The van der Waals surface area contributed by atoms with Crippen LogP contribution in [0.2, 0.25) is 13.1 Å². The smallest absolute Gasteiger partial charge is 0.0652 e. The molecule has 1 aliphatic rings. The van der Waals surface area contributed by atoms with Crippen molar-refractivity contribution >= 4 is 24.0 Å². The number of hydrogen-bond acceptors (Lipinski definition) is 0. The van der Waals surface area contributed by atoms with E-state index in [-0.39, 0.29) is 0 Å². The lowest BCUT2D eigenvalue weighted by molar-refractivity contribution is 1.40. The molecule has 0 unspecified atom stereocenters. The van der Waals surface area contributed by atoms with Gasteiger partial charge in [-0.1, -0.05) is 54.7 Å². The first kappa shape index (κ1) is 8.24. The van der Waals surface area contributed by atoms with Gasteiger partial charge in [0.1, 0.15) is 0 Å². The van der Waals surface area contributed by atoms with E-state index in [0.717, 1.165) is 0 Å². The molecule has 1 heterocycles.